The summed E-state index contributed by atoms with van der Waals surface area (Å²) in [4.78, 5) is 17.6. The summed E-state index contributed by atoms with van der Waals surface area (Å²) < 4.78 is 63.4. The number of hydrogen-bond donors (Lipinski definition) is 1. The van der Waals surface area contributed by atoms with Crippen LogP contribution in [0.15, 0.2) is 87.3 Å². The van der Waals surface area contributed by atoms with Crippen LogP contribution in [0.1, 0.15) is 38.2 Å². The van der Waals surface area contributed by atoms with Crippen LogP contribution in [0.3, 0.4) is 0 Å². The molecule has 0 atom stereocenters. The summed E-state index contributed by atoms with van der Waals surface area (Å²) in [5.74, 6) is -0.0541. The first kappa shape index (κ1) is 30.2. The minimum atomic E-state index is -4.02. The van der Waals surface area contributed by atoms with E-state index in [4.69, 9.17) is 4.74 Å². The fourth-order valence-corrected chi connectivity index (χ4v) is 7.90. The van der Waals surface area contributed by atoms with Gasteiger partial charge < -0.3 is 9.30 Å². The number of carbonyl (C=O) groups is 1. The number of fused-ring (bicyclic) bond motifs is 1. The lowest BCUT2D eigenvalue weighted by atomic mass is 9.90. The number of nitrogens with zero attached hydrogens (tertiary/aromatic N) is 3. The van der Waals surface area contributed by atoms with Crippen LogP contribution in [-0.2, 0) is 31.4 Å². The van der Waals surface area contributed by atoms with E-state index in [0.717, 1.165) is 10.9 Å². The maximum atomic E-state index is 13.3. The van der Waals surface area contributed by atoms with Crippen LogP contribution < -0.4 is 9.46 Å². The molecule has 0 radical (unpaired) electrons. The number of benzene rings is 2. The molecule has 2 aromatic heterocycles. The molecule has 222 valence electrons. The van der Waals surface area contributed by atoms with Gasteiger partial charge in [0.1, 0.15) is 22.5 Å². The first-order valence-electron chi connectivity index (χ1n) is 13.5. The molecule has 0 spiro atoms. The predicted octanol–water partition coefficient (Wildman–Crippen LogP) is 4.66. The minimum absolute atomic E-state index is 0.00109. The molecule has 1 aliphatic heterocycles. The second-order valence-electron chi connectivity index (χ2n) is 10.4. The Bertz CT molecular complexity index is 1800. The van der Waals surface area contributed by atoms with Gasteiger partial charge in [0.05, 0.1) is 15.9 Å². The Labute approximate surface area is 253 Å². The van der Waals surface area contributed by atoms with E-state index in [1.54, 1.807) is 47.0 Å². The lowest BCUT2D eigenvalue weighted by molar-refractivity contribution is -0.119. The number of aromatic nitrogens is 2. The molecule has 5 rings (SSSR count). The van der Waals surface area contributed by atoms with E-state index in [0.29, 0.717) is 41.9 Å². The summed E-state index contributed by atoms with van der Waals surface area (Å²) in [7, 11) is -7.69. The molecule has 0 unspecified atom stereocenters. The average Bonchev–Trinajstić information content (AvgIpc) is 3.30. The molecule has 13 heteroatoms. The third kappa shape index (κ3) is 6.54. The fraction of sp³-hybridized carbons (Fsp3) is 0.310. The zero-order chi connectivity index (χ0) is 30.1. The van der Waals surface area contributed by atoms with Gasteiger partial charge in [-0.3, -0.25) is 4.79 Å². The van der Waals surface area contributed by atoms with E-state index < -0.39 is 26.0 Å². The number of ether oxygens (including phenoxy) is 1. The van der Waals surface area contributed by atoms with E-state index in [1.807, 2.05) is 32.2 Å². The number of rotatable bonds is 9. The first-order valence-corrected chi connectivity index (χ1v) is 17.2. The Kier molecular flexibility index (Phi) is 8.74. The van der Waals surface area contributed by atoms with E-state index in [1.165, 1.54) is 16.4 Å². The Hall–Kier alpha value is -3.26. The van der Waals surface area contributed by atoms with Crippen molar-refractivity contribution in [2.75, 3.05) is 13.1 Å². The number of piperidine rings is 1. The topological polar surface area (TPSA) is 128 Å². The lowest BCUT2D eigenvalue weighted by Gasteiger charge is -2.31. The zero-order valence-electron chi connectivity index (χ0n) is 23.1. The van der Waals surface area contributed by atoms with Crippen LogP contribution >= 0.6 is 15.9 Å². The summed E-state index contributed by atoms with van der Waals surface area (Å²) in [6.45, 7) is 4.24. The molecule has 1 aliphatic rings. The van der Waals surface area contributed by atoms with Gasteiger partial charge in [-0.15, -0.1) is 0 Å². The van der Waals surface area contributed by atoms with Crippen molar-refractivity contribution in [3.05, 3.63) is 83.1 Å². The molecule has 0 saturated carbocycles. The standard InChI is InChI=1S/C29H31BrN4O6S2/c1-20(2)40-22-8-10-24(11-9-22)42(38,39)34-16-14-21(15-17-34)26-18-33(29-25(26)12-13-27(30)31-29)19-28(35)32-41(36,37)23-6-4-3-5-7-23/h3-13,18,20-21H,14-17,19H2,1-2H3,(H,32,35). The molecule has 3 heterocycles. The van der Waals surface area contributed by atoms with Crippen molar-refractivity contribution in [1.29, 1.82) is 0 Å². The van der Waals surface area contributed by atoms with Crippen LogP contribution in [0.25, 0.3) is 11.0 Å². The first-order chi connectivity index (χ1) is 19.9. The molecular weight excluding hydrogens is 644 g/mol. The highest BCUT2D eigenvalue weighted by atomic mass is 79.9. The second-order valence-corrected chi connectivity index (χ2v) is 14.8. The molecule has 1 saturated heterocycles. The van der Waals surface area contributed by atoms with Crippen LogP contribution in [0.4, 0.5) is 0 Å². The number of amides is 1. The van der Waals surface area contributed by atoms with Crippen molar-refractivity contribution < 1.29 is 26.4 Å². The maximum Gasteiger partial charge on any atom is 0.264 e. The van der Waals surface area contributed by atoms with Crippen molar-refractivity contribution in [2.24, 2.45) is 0 Å². The monoisotopic (exact) mass is 674 g/mol. The number of sulfonamides is 2. The van der Waals surface area contributed by atoms with Gasteiger partial charge in [0.15, 0.2) is 0 Å². The number of nitrogens with one attached hydrogen (secondary N) is 1. The molecule has 0 aliphatic carbocycles. The van der Waals surface area contributed by atoms with Gasteiger partial charge in [-0.25, -0.2) is 26.5 Å². The third-order valence-electron chi connectivity index (χ3n) is 7.06. The van der Waals surface area contributed by atoms with Gasteiger partial charge in [-0.2, -0.15) is 4.31 Å². The van der Waals surface area contributed by atoms with E-state index in [-0.39, 0.29) is 28.4 Å². The third-order valence-corrected chi connectivity index (χ3v) is 10.8. The zero-order valence-corrected chi connectivity index (χ0v) is 26.3. The number of pyridine rings is 1. The number of carbonyl (C=O) groups excluding carboxylic acids is 1. The molecule has 1 amide bonds. The number of hydrogen-bond acceptors (Lipinski definition) is 7. The SMILES string of the molecule is CC(C)Oc1ccc(S(=O)(=O)N2CCC(c3cn(CC(=O)NS(=O)(=O)c4ccccc4)c4nc(Br)ccc34)CC2)cc1. The van der Waals surface area contributed by atoms with Crippen LogP contribution in [0.2, 0.25) is 0 Å². The largest absolute Gasteiger partial charge is 0.491 e. The molecule has 10 nitrogen and oxygen atoms in total. The smallest absolute Gasteiger partial charge is 0.264 e. The fourth-order valence-electron chi connectivity index (χ4n) is 5.13. The van der Waals surface area contributed by atoms with E-state index in [2.05, 4.69) is 25.6 Å². The Balaban J connectivity index is 1.32. The lowest BCUT2D eigenvalue weighted by Crippen LogP contribution is -2.37. The molecule has 1 N–H and O–H groups in total. The van der Waals surface area contributed by atoms with E-state index in [9.17, 15) is 21.6 Å². The van der Waals surface area contributed by atoms with Gasteiger partial charge in [-0.05, 0) is 103 Å². The van der Waals surface area contributed by atoms with Gasteiger partial charge in [0, 0.05) is 24.7 Å². The summed E-state index contributed by atoms with van der Waals surface area (Å²) >= 11 is 3.38. The van der Waals surface area contributed by atoms with Crippen molar-refractivity contribution in [1.82, 2.24) is 18.6 Å². The van der Waals surface area contributed by atoms with E-state index >= 15 is 0 Å². The van der Waals surface area contributed by atoms with Crippen molar-refractivity contribution >= 4 is 52.9 Å². The van der Waals surface area contributed by atoms with Gasteiger partial charge in [0.2, 0.25) is 10.0 Å². The minimum Gasteiger partial charge on any atom is -0.491 e. The van der Waals surface area contributed by atoms with Crippen LogP contribution in [-0.4, -0.2) is 55.8 Å². The van der Waals surface area contributed by atoms with Crippen molar-refractivity contribution in [3.63, 3.8) is 0 Å². The Morgan fingerprint density at radius 3 is 2.29 bits per heavy atom. The quantitative estimate of drug-likeness (QED) is 0.256. The maximum absolute atomic E-state index is 13.3. The average molecular weight is 676 g/mol. The van der Waals surface area contributed by atoms with Crippen LogP contribution in [0, 0.1) is 0 Å². The summed E-state index contributed by atoms with van der Waals surface area (Å²) in [5.41, 5.74) is 1.47. The second kappa shape index (κ2) is 12.2. The molecular formula is C29H31BrN4O6S2. The normalized spacial score (nSPS) is 15.2. The molecule has 0 bridgehead atoms. The summed E-state index contributed by atoms with van der Waals surface area (Å²) in [6.07, 6.45) is 2.97. The Morgan fingerprint density at radius 2 is 1.64 bits per heavy atom. The number of halogens is 1. The molecule has 42 heavy (non-hydrogen) atoms. The molecule has 1 fully saturated rings. The Morgan fingerprint density at radius 1 is 0.976 bits per heavy atom. The highest BCUT2D eigenvalue weighted by Crippen LogP contribution is 2.36. The van der Waals surface area contributed by atoms with Crippen molar-refractivity contribution in [2.45, 2.75) is 55.0 Å². The summed E-state index contributed by atoms with van der Waals surface area (Å²) in [6, 6.07) is 17.9. The summed E-state index contributed by atoms with van der Waals surface area (Å²) in [5, 5.41) is 0.832. The molecule has 2 aromatic carbocycles. The van der Waals surface area contributed by atoms with Crippen LogP contribution in [0.5, 0.6) is 5.75 Å². The van der Waals surface area contributed by atoms with Crippen molar-refractivity contribution in [3.8, 4) is 5.75 Å². The highest BCUT2D eigenvalue weighted by Gasteiger charge is 2.31. The molecule has 4 aromatic rings. The van der Waals surface area contributed by atoms with Gasteiger partial charge in [-0.1, -0.05) is 18.2 Å². The predicted molar refractivity (Wildman–Crippen MR) is 162 cm³/mol. The van der Waals surface area contributed by atoms with Gasteiger partial charge in [0.25, 0.3) is 15.9 Å². The van der Waals surface area contributed by atoms with Gasteiger partial charge >= 0.3 is 0 Å². The highest BCUT2D eigenvalue weighted by molar-refractivity contribution is 9.10.